The van der Waals surface area contributed by atoms with Crippen LogP contribution in [0.4, 0.5) is 0 Å². The Kier molecular flexibility index (Phi) is 7.75. The van der Waals surface area contributed by atoms with E-state index in [1.54, 1.807) is 7.11 Å². The summed E-state index contributed by atoms with van der Waals surface area (Å²) in [5.74, 6) is 1.25. The summed E-state index contributed by atoms with van der Waals surface area (Å²) in [6.07, 6.45) is 0. The molecule has 0 spiro atoms. The quantitative estimate of drug-likeness (QED) is 0.554. The average Bonchev–Trinajstić information content (AvgIpc) is 3.16. The van der Waals surface area contributed by atoms with Gasteiger partial charge in [0.05, 0.1) is 13.2 Å². The minimum atomic E-state index is 0.137. The SMILES string of the molecule is COCCn1nnnc1[C@@H](C(C)C)[NH+](Cc1ccccc1)Cc1ccc(Cl)cc1. The highest BCUT2D eigenvalue weighted by atomic mass is 35.5. The topological polar surface area (TPSA) is 57.3 Å². The number of hydrogen-bond donors (Lipinski definition) is 1. The molecule has 0 amide bonds. The number of tetrazole rings is 1. The van der Waals surface area contributed by atoms with Gasteiger partial charge in [0, 0.05) is 29.2 Å². The van der Waals surface area contributed by atoms with Crippen LogP contribution in [0.25, 0.3) is 0 Å². The monoisotopic (exact) mass is 414 g/mol. The fourth-order valence-corrected chi connectivity index (χ4v) is 3.85. The maximum atomic E-state index is 6.09. The van der Waals surface area contributed by atoms with Crippen molar-refractivity contribution in [3.63, 3.8) is 0 Å². The summed E-state index contributed by atoms with van der Waals surface area (Å²) in [7, 11) is 1.69. The molecule has 3 rings (SSSR count). The van der Waals surface area contributed by atoms with Crippen molar-refractivity contribution in [1.29, 1.82) is 0 Å². The summed E-state index contributed by atoms with van der Waals surface area (Å²) >= 11 is 6.09. The Morgan fingerprint density at radius 3 is 2.28 bits per heavy atom. The Labute approximate surface area is 177 Å². The van der Waals surface area contributed by atoms with Crippen LogP contribution < -0.4 is 4.90 Å². The number of nitrogens with zero attached hydrogens (tertiary/aromatic N) is 4. The Morgan fingerprint density at radius 2 is 1.66 bits per heavy atom. The molecule has 7 heteroatoms. The maximum absolute atomic E-state index is 6.09. The molecule has 0 saturated heterocycles. The molecular weight excluding hydrogens is 386 g/mol. The van der Waals surface area contributed by atoms with E-state index in [0.29, 0.717) is 19.1 Å². The summed E-state index contributed by atoms with van der Waals surface area (Å²) in [6, 6.07) is 18.8. The zero-order chi connectivity index (χ0) is 20.6. The predicted octanol–water partition coefficient (Wildman–Crippen LogP) is 2.96. The minimum absolute atomic E-state index is 0.137. The zero-order valence-corrected chi connectivity index (χ0v) is 18.0. The van der Waals surface area contributed by atoms with Crippen molar-refractivity contribution in [3.8, 4) is 0 Å². The van der Waals surface area contributed by atoms with Crippen molar-refractivity contribution < 1.29 is 9.64 Å². The van der Waals surface area contributed by atoms with Crippen molar-refractivity contribution >= 4 is 11.6 Å². The highest BCUT2D eigenvalue weighted by molar-refractivity contribution is 6.30. The molecule has 29 heavy (non-hydrogen) atoms. The summed E-state index contributed by atoms with van der Waals surface area (Å²) < 4.78 is 7.11. The first-order valence-corrected chi connectivity index (χ1v) is 10.3. The number of quaternary nitrogens is 1. The maximum Gasteiger partial charge on any atom is 0.209 e. The minimum Gasteiger partial charge on any atom is -0.383 e. The van der Waals surface area contributed by atoms with Gasteiger partial charge >= 0.3 is 0 Å². The normalized spacial score (nSPS) is 13.6. The van der Waals surface area contributed by atoms with Crippen molar-refractivity contribution in [2.75, 3.05) is 13.7 Å². The lowest BCUT2D eigenvalue weighted by Gasteiger charge is -2.30. The fourth-order valence-electron chi connectivity index (χ4n) is 3.73. The second kappa shape index (κ2) is 10.5. The van der Waals surface area contributed by atoms with Gasteiger partial charge in [-0.3, -0.25) is 0 Å². The molecule has 2 aromatic carbocycles. The van der Waals surface area contributed by atoms with E-state index in [4.69, 9.17) is 16.3 Å². The third-order valence-corrected chi connectivity index (χ3v) is 5.32. The van der Waals surface area contributed by atoms with Crippen LogP contribution in [0.3, 0.4) is 0 Å². The van der Waals surface area contributed by atoms with Gasteiger partial charge in [-0.25, -0.2) is 4.68 Å². The van der Waals surface area contributed by atoms with Crippen LogP contribution in [0.5, 0.6) is 0 Å². The number of methoxy groups -OCH3 is 1. The van der Waals surface area contributed by atoms with Gasteiger partial charge in [0.2, 0.25) is 5.82 Å². The highest BCUT2D eigenvalue weighted by Crippen LogP contribution is 2.18. The highest BCUT2D eigenvalue weighted by Gasteiger charge is 2.33. The molecule has 0 fully saturated rings. The zero-order valence-electron chi connectivity index (χ0n) is 17.3. The number of benzene rings is 2. The molecule has 1 unspecified atom stereocenters. The van der Waals surface area contributed by atoms with E-state index in [-0.39, 0.29) is 6.04 Å². The van der Waals surface area contributed by atoms with Crippen molar-refractivity contribution in [2.24, 2.45) is 5.92 Å². The molecule has 1 N–H and O–H groups in total. The standard InChI is InChI=1S/C22H28ClN5O/c1-17(2)21(22-24-25-26-28(22)13-14-29-3)27(15-18-7-5-4-6-8-18)16-19-9-11-20(23)12-10-19/h4-12,17,21H,13-16H2,1-3H3/p+1/t21-/m1/s1. The van der Waals surface area contributed by atoms with Crippen LogP contribution in [0, 0.1) is 5.92 Å². The molecule has 0 aliphatic rings. The molecule has 154 valence electrons. The molecule has 0 aliphatic heterocycles. The third-order valence-electron chi connectivity index (χ3n) is 5.07. The van der Waals surface area contributed by atoms with Crippen LogP contribution in [0.1, 0.15) is 36.8 Å². The molecule has 6 nitrogen and oxygen atoms in total. The summed E-state index contributed by atoms with van der Waals surface area (Å²) in [6.45, 7) is 7.41. The number of ether oxygens (including phenoxy) is 1. The van der Waals surface area contributed by atoms with Crippen LogP contribution in [-0.4, -0.2) is 33.9 Å². The smallest absolute Gasteiger partial charge is 0.209 e. The molecule has 0 bridgehead atoms. The summed E-state index contributed by atoms with van der Waals surface area (Å²) in [5.41, 5.74) is 2.53. The lowest BCUT2D eigenvalue weighted by Crippen LogP contribution is -3.10. The molecule has 1 heterocycles. The second-order valence-electron chi connectivity index (χ2n) is 7.60. The van der Waals surface area contributed by atoms with Gasteiger partial charge in [-0.05, 0) is 22.6 Å². The van der Waals surface area contributed by atoms with Gasteiger partial charge in [-0.1, -0.05) is 67.9 Å². The number of nitrogens with one attached hydrogen (secondary N) is 1. The number of rotatable bonds is 10. The lowest BCUT2D eigenvalue weighted by molar-refractivity contribution is -0.962. The van der Waals surface area contributed by atoms with Gasteiger partial charge < -0.3 is 9.64 Å². The average molecular weight is 415 g/mol. The van der Waals surface area contributed by atoms with E-state index in [2.05, 4.69) is 65.8 Å². The van der Waals surface area contributed by atoms with E-state index in [1.165, 1.54) is 16.0 Å². The summed E-state index contributed by atoms with van der Waals surface area (Å²) in [4.78, 5) is 1.39. The number of aromatic nitrogens is 4. The Hall–Kier alpha value is -2.28. The Morgan fingerprint density at radius 1 is 1.00 bits per heavy atom. The Balaban J connectivity index is 1.94. The van der Waals surface area contributed by atoms with Crippen LogP contribution in [-0.2, 0) is 24.4 Å². The van der Waals surface area contributed by atoms with E-state index >= 15 is 0 Å². The van der Waals surface area contributed by atoms with E-state index < -0.39 is 0 Å². The fraction of sp³-hybridized carbons (Fsp3) is 0.409. The van der Waals surface area contributed by atoms with E-state index in [0.717, 1.165) is 23.9 Å². The van der Waals surface area contributed by atoms with Gasteiger partial charge in [0.25, 0.3) is 0 Å². The van der Waals surface area contributed by atoms with Gasteiger partial charge in [0.15, 0.2) is 6.04 Å². The largest absolute Gasteiger partial charge is 0.383 e. The number of hydrogen-bond acceptors (Lipinski definition) is 4. The van der Waals surface area contributed by atoms with Gasteiger partial charge in [-0.2, -0.15) is 0 Å². The molecule has 0 saturated carbocycles. The first kappa shape index (κ1) is 21.4. The molecule has 3 aromatic rings. The first-order valence-electron chi connectivity index (χ1n) is 9.96. The first-order chi connectivity index (χ1) is 14.1. The third kappa shape index (κ3) is 5.85. The van der Waals surface area contributed by atoms with Gasteiger partial charge in [-0.15, -0.1) is 5.10 Å². The van der Waals surface area contributed by atoms with Crippen molar-refractivity contribution in [3.05, 3.63) is 76.6 Å². The van der Waals surface area contributed by atoms with E-state index in [1.807, 2.05) is 22.9 Å². The summed E-state index contributed by atoms with van der Waals surface area (Å²) in [5, 5.41) is 13.3. The van der Waals surface area contributed by atoms with Crippen molar-refractivity contribution in [2.45, 2.75) is 39.5 Å². The van der Waals surface area contributed by atoms with Crippen LogP contribution in [0.2, 0.25) is 5.02 Å². The van der Waals surface area contributed by atoms with Crippen LogP contribution >= 0.6 is 11.6 Å². The molecule has 0 radical (unpaired) electrons. The second-order valence-corrected chi connectivity index (χ2v) is 8.04. The van der Waals surface area contributed by atoms with Crippen LogP contribution in [0.15, 0.2) is 54.6 Å². The molecule has 1 aromatic heterocycles. The molecule has 2 atom stereocenters. The Bertz CT molecular complexity index is 866. The lowest BCUT2D eigenvalue weighted by atomic mass is 9.99. The van der Waals surface area contributed by atoms with Gasteiger partial charge in [0.1, 0.15) is 13.1 Å². The number of halogens is 1. The van der Waals surface area contributed by atoms with E-state index in [9.17, 15) is 0 Å². The predicted molar refractivity (Wildman–Crippen MR) is 114 cm³/mol. The van der Waals surface area contributed by atoms with Crippen molar-refractivity contribution in [1.82, 2.24) is 20.2 Å². The molecule has 0 aliphatic carbocycles. The molecular formula is C22H29ClN5O+.